The zero-order valence-electron chi connectivity index (χ0n) is 15.7. The van der Waals surface area contributed by atoms with Gasteiger partial charge >= 0.3 is 0 Å². The fraction of sp³-hybridized carbons (Fsp3) is 0.368. The van der Waals surface area contributed by atoms with Crippen molar-refractivity contribution in [3.63, 3.8) is 0 Å². The molecule has 0 spiro atoms. The monoisotopic (exact) mass is 456 g/mol. The minimum Gasteiger partial charge on any atom is -0.354 e. The van der Waals surface area contributed by atoms with Crippen LogP contribution in [-0.2, 0) is 10.0 Å². The topological polar surface area (TPSA) is 82.6 Å². The Hall–Kier alpha value is -1.87. The number of hydrogen-bond acceptors (Lipinski definition) is 5. The number of rotatable bonds is 7. The lowest BCUT2D eigenvalue weighted by atomic mass is 10.2. The molecule has 3 rings (SSSR count). The van der Waals surface area contributed by atoms with Crippen LogP contribution in [0.4, 0.5) is 5.82 Å². The highest BCUT2D eigenvalue weighted by molar-refractivity contribution is 7.89. The molecule has 7 nitrogen and oxygen atoms in total. The van der Waals surface area contributed by atoms with Crippen molar-refractivity contribution >= 4 is 45.0 Å². The van der Waals surface area contributed by atoms with E-state index in [1.54, 1.807) is 12.3 Å². The highest BCUT2D eigenvalue weighted by Gasteiger charge is 2.27. The largest absolute Gasteiger partial charge is 0.354 e. The molecule has 1 aromatic carbocycles. The van der Waals surface area contributed by atoms with Crippen molar-refractivity contribution < 1.29 is 13.2 Å². The number of hydrogen-bond donors (Lipinski definition) is 1. The van der Waals surface area contributed by atoms with E-state index in [2.05, 4.69) is 15.2 Å². The number of carbonyl (C=O) groups excluding carboxylic acids is 1. The van der Waals surface area contributed by atoms with E-state index in [0.717, 1.165) is 5.82 Å². The highest BCUT2D eigenvalue weighted by atomic mass is 35.5. The summed E-state index contributed by atoms with van der Waals surface area (Å²) in [5.74, 6) is 0.478. The maximum atomic E-state index is 12.6. The van der Waals surface area contributed by atoms with Gasteiger partial charge in [-0.15, -0.1) is 0 Å². The average Bonchev–Trinajstić information content (AvgIpc) is 2.72. The Morgan fingerprint density at radius 2 is 1.86 bits per heavy atom. The predicted octanol–water partition coefficient (Wildman–Crippen LogP) is 2.66. The summed E-state index contributed by atoms with van der Waals surface area (Å²) in [6.07, 6.45) is 2.05. The van der Waals surface area contributed by atoms with Crippen LogP contribution in [0.2, 0.25) is 10.0 Å². The molecule has 0 atom stereocenters. The number of nitrogens with zero attached hydrogens (tertiary/aromatic N) is 3. The van der Waals surface area contributed by atoms with Gasteiger partial charge in [0, 0.05) is 43.9 Å². The normalized spacial score (nSPS) is 15.3. The number of carbonyl (C=O) groups is 1. The fourth-order valence-electron chi connectivity index (χ4n) is 3.09. The van der Waals surface area contributed by atoms with Gasteiger partial charge < -0.3 is 10.2 Å². The molecule has 1 fully saturated rings. The standard InChI is InChI=1S/C19H22Cl2N4O3S/c20-15-5-6-16(17(21)14-15)19(26)23-8-3-13-29(27,28)25-11-9-24(10-12-25)18-4-1-2-7-22-18/h1-2,4-7,14H,3,8-13H2,(H,23,26). The average molecular weight is 457 g/mol. The minimum atomic E-state index is -3.37. The second kappa shape index (κ2) is 9.75. The molecule has 0 aliphatic carbocycles. The lowest BCUT2D eigenvalue weighted by Crippen LogP contribution is -2.49. The Kier molecular flexibility index (Phi) is 7.34. The number of aromatic nitrogens is 1. The van der Waals surface area contributed by atoms with Crippen molar-refractivity contribution in [3.05, 3.63) is 58.2 Å². The minimum absolute atomic E-state index is 0.0226. The smallest absolute Gasteiger partial charge is 0.252 e. The molecule has 0 radical (unpaired) electrons. The summed E-state index contributed by atoms with van der Waals surface area (Å²) in [7, 11) is -3.37. The second-order valence-electron chi connectivity index (χ2n) is 6.62. The van der Waals surface area contributed by atoms with Crippen molar-refractivity contribution in [2.45, 2.75) is 6.42 Å². The van der Waals surface area contributed by atoms with Gasteiger partial charge in [-0.05, 0) is 36.8 Å². The number of amides is 1. The van der Waals surface area contributed by atoms with E-state index in [1.807, 2.05) is 18.2 Å². The van der Waals surface area contributed by atoms with Crippen LogP contribution in [0, 0.1) is 0 Å². The molecule has 10 heteroatoms. The number of pyridine rings is 1. The molecule has 1 aliphatic rings. The van der Waals surface area contributed by atoms with Crippen LogP contribution in [0.5, 0.6) is 0 Å². The van der Waals surface area contributed by atoms with Gasteiger partial charge in [-0.2, -0.15) is 4.31 Å². The fourth-order valence-corrected chi connectivity index (χ4v) is 5.07. The van der Waals surface area contributed by atoms with Gasteiger partial charge in [0.1, 0.15) is 5.82 Å². The molecule has 1 amide bonds. The Balaban J connectivity index is 1.44. The van der Waals surface area contributed by atoms with Crippen LogP contribution in [0.3, 0.4) is 0 Å². The summed E-state index contributed by atoms with van der Waals surface area (Å²) >= 11 is 11.8. The molecular weight excluding hydrogens is 435 g/mol. The number of piperazine rings is 1. The molecule has 156 valence electrons. The molecule has 1 N–H and O–H groups in total. The Morgan fingerprint density at radius 3 is 2.52 bits per heavy atom. The number of halogens is 2. The molecule has 2 heterocycles. The van der Waals surface area contributed by atoms with Gasteiger partial charge in [-0.25, -0.2) is 13.4 Å². The third-order valence-corrected chi connectivity index (χ3v) is 7.15. The van der Waals surface area contributed by atoms with Crippen LogP contribution in [0.1, 0.15) is 16.8 Å². The van der Waals surface area contributed by atoms with Crippen LogP contribution < -0.4 is 10.2 Å². The summed E-state index contributed by atoms with van der Waals surface area (Å²) in [5, 5.41) is 3.40. The van der Waals surface area contributed by atoms with Crippen molar-refractivity contribution in [3.8, 4) is 0 Å². The molecule has 0 saturated carbocycles. The van der Waals surface area contributed by atoms with Crippen molar-refractivity contribution in [2.75, 3.05) is 43.4 Å². The summed E-state index contributed by atoms with van der Waals surface area (Å²) in [5.41, 5.74) is 0.310. The third kappa shape index (κ3) is 5.82. The zero-order valence-corrected chi connectivity index (χ0v) is 18.1. The first-order valence-corrected chi connectivity index (χ1v) is 11.6. The SMILES string of the molecule is O=C(NCCCS(=O)(=O)N1CCN(c2ccccn2)CC1)c1ccc(Cl)cc1Cl. The highest BCUT2D eigenvalue weighted by Crippen LogP contribution is 2.21. The van der Waals surface area contributed by atoms with Gasteiger partial charge in [0.2, 0.25) is 10.0 Å². The van der Waals surface area contributed by atoms with Crippen molar-refractivity contribution in [1.82, 2.24) is 14.6 Å². The quantitative estimate of drug-likeness (QED) is 0.647. The van der Waals surface area contributed by atoms with E-state index in [1.165, 1.54) is 16.4 Å². The maximum absolute atomic E-state index is 12.6. The Morgan fingerprint density at radius 1 is 1.10 bits per heavy atom. The molecule has 1 aliphatic heterocycles. The van der Waals surface area contributed by atoms with Gasteiger partial charge in [0.05, 0.1) is 16.3 Å². The Labute approximate surface area is 180 Å². The van der Waals surface area contributed by atoms with Gasteiger partial charge in [0.15, 0.2) is 0 Å². The lowest BCUT2D eigenvalue weighted by Gasteiger charge is -2.34. The lowest BCUT2D eigenvalue weighted by molar-refractivity contribution is 0.0954. The summed E-state index contributed by atoms with van der Waals surface area (Å²) < 4.78 is 26.7. The number of sulfonamides is 1. The summed E-state index contributed by atoms with van der Waals surface area (Å²) in [4.78, 5) is 18.5. The molecule has 29 heavy (non-hydrogen) atoms. The maximum Gasteiger partial charge on any atom is 0.252 e. The van der Waals surface area contributed by atoms with E-state index in [4.69, 9.17) is 23.2 Å². The van der Waals surface area contributed by atoms with E-state index < -0.39 is 10.0 Å². The van der Waals surface area contributed by atoms with Crippen LogP contribution in [0.25, 0.3) is 0 Å². The molecule has 1 aromatic heterocycles. The van der Waals surface area contributed by atoms with Crippen LogP contribution in [0.15, 0.2) is 42.6 Å². The summed E-state index contributed by atoms with van der Waals surface area (Å²) in [6, 6.07) is 10.3. The Bertz CT molecular complexity index is 949. The molecular formula is C19H22Cl2N4O3S. The molecule has 1 saturated heterocycles. The molecule has 0 bridgehead atoms. The van der Waals surface area contributed by atoms with Crippen LogP contribution in [-0.4, -0.2) is 62.1 Å². The van der Waals surface area contributed by atoms with Gasteiger partial charge in [-0.3, -0.25) is 4.79 Å². The van der Waals surface area contributed by atoms with Crippen molar-refractivity contribution in [1.29, 1.82) is 0 Å². The van der Waals surface area contributed by atoms with Gasteiger partial charge in [0.25, 0.3) is 5.91 Å². The summed E-state index contributed by atoms with van der Waals surface area (Å²) in [6.45, 7) is 2.28. The third-order valence-electron chi connectivity index (χ3n) is 4.65. The van der Waals surface area contributed by atoms with Crippen molar-refractivity contribution in [2.24, 2.45) is 0 Å². The number of nitrogens with one attached hydrogen (secondary N) is 1. The van der Waals surface area contributed by atoms with Crippen LogP contribution >= 0.6 is 23.2 Å². The van der Waals surface area contributed by atoms with Gasteiger partial charge in [-0.1, -0.05) is 29.3 Å². The van der Waals surface area contributed by atoms with E-state index in [9.17, 15) is 13.2 Å². The first-order chi connectivity index (χ1) is 13.9. The van der Waals surface area contributed by atoms with E-state index >= 15 is 0 Å². The molecule has 0 unspecified atom stereocenters. The van der Waals surface area contributed by atoms with E-state index in [-0.39, 0.29) is 23.2 Å². The molecule has 2 aromatic rings. The van der Waals surface area contributed by atoms with E-state index in [0.29, 0.717) is 43.2 Å². The number of anilines is 1. The second-order valence-corrected chi connectivity index (χ2v) is 9.56. The first-order valence-electron chi connectivity index (χ1n) is 9.24. The predicted molar refractivity (Wildman–Crippen MR) is 115 cm³/mol. The zero-order chi connectivity index (χ0) is 20.9. The number of benzene rings is 1. The first kappa shape index (κ1) is 21.8.